The van der Waals surface area contributed by atoms with Crippen molar-refractivity contribution in [1.82, 2.24) is 0 Å². The summed E-state index contributed by atoms with van der Waals surface area (Å²) in [5.74, 6) is 2.44. The van der Waals surface area contributed by atoms with E-state index in [1.807, 2.05) is 6.92 Å². The third-order valence-electron chi connectivity index (χ3n) is 11.4. The normalized spacial score (nSPS) is 44.2. The van der Waals surface area contributed by atoms with Crippen LogP contribution in [0, 0.1) is 40.4 Å². The van der Waals surface area contributed by atoms with Gasteiger partial charge in [0.2, 0.25) is 0 Å². The van der Waals surface area contributed by atoms with E-state index >= 15 is 0 Å². The first-order chi connectivity index (χ1) is 17.8. The van der Waals surface area contributed by atoms with Crippen LogP contribution in [0.5, 0.6) is 0 Å². The zero-order chi connectivity index (χ0) is 26.6. The summed E-state index contributed by atoms with van der Waals surface area (Å²) >= 11 is 0. The van der Waals surface area contributed by atoms with Gasteiger partial charge in [0, 0.05) is 25.2 Å². The fourth-order valence-corrected chi connectivity index (χ4v) is 9.46. The number of rotatable bonds is 13. The van der Waals surface area contributed by atoms with E-state index < -0.39 is 0 Å². The number of fused-ring (bicyclic) bond motifs is 5. The van der Waals surface area contributed by atoms with Crippen LogP contribution in [-0.4, -0.2) is 69.0 Å². The van der Waals surface area contributed by atoms with Gasteiger partial charge in [0.05, 0.1) is 24.4 Å². The minimum atomic E-state index is -0.322. The molecule has 4 aliphatic carbocycles. The first-order valence-electron chi connectivity index (χ1n) is 15.4. The van der Waals surface area contributed by atoms with Crippen molar-refractivity contribution in [2.75, 3.05) is 39.5 Å². The molecular weight excluding hydrogens is 466 g/mol. The highest BCUT2D eigenvalue weighted by molar-refractivity contribution is 5.15. The fraction of sp³-hybridized carbons (Fsp3) is 1.00. The van der Waals surface area contributed by atoms with Crippen molar-refractivity contribution >= 4 is 0 Å². The molecule has 0 bridgehead atoms. The summed E-state index contributed by atoms with van der Waals surface area (Å²) in [4.78, 5) is 0. The first-order valence-corrected chi connectivity index (χ1v) is 15.4. The molecule has 216 valence electrons. The Labute approximate surface area is 225 Å². The third kappa shape index (κ3) is 5.79. The molecule has 0 aliphatic heterocycles. The molecule has 7 nitrogen and oxygen atoms in total. The van der Waals surface area contributed by atoms with Crippen LogP contribution < -0.4 is 17.2 Å². The highest BCUT2D eigenvalue weighted by Gasteiger charge is 2.66. The third-order valence-corrected chi connectivity index (χ3v) is 11.4. The van der Waals surface area contributed by atoms with Crippen LogP contribution in [0.2, 0.25) is 0 Å². The van der Waals surface area contributed by atoms with Gasteiger partial charge in [0.15, 0.2) is 0 Å². The summed E-state index contributed by atoms with van der Waals surface area (Å²) in [5.41, 5.74) is 17.6. The maximum absolute atomic E-state index is 10.9. The minimum absolute atomic E-state index is 0.0366. The quantitative estimate of drug-likeness (QED) is 0.272. The lowest BCUT2D eigenvalue weighted by molar-refractivity contribution is -0.229. The smallest absolute Gasteiger partial charge is 0.0638 e. The molecule has 4 fully saturated rings. The Balaban J connectivity index is 1.63. The minimum Gasteiger partial charge on any atom is -0.393 e. The first kappa shape index (κ1) is 29.7. The Hall–Kier alpha value is -0.280. The lowest BCUT2D eigenvalue weighted by Gasteiger charge is -2.64. The van der Waals surface area contributed by atoms with Gasteiger partial charge in [-0.2, -0.15) is 0 Å². The molecule has 0 heterocycles. The second-order valence-corrected chi connectivity index (χ2v) is 13.2. The topological polar surface area (TPSA) is 126 Å². The molecule has 7 heteroatoms. The van der Waals surface area contributed by atoms with E-state index in [0.29, 0.717) is 56.0 Å². The van der Waals surface area contributed by atoms with Crippen LogP contribution >= 0.6 is 0 Å². The number of aliphatic hydroxyl groups is 1. The molecule has 0 spiro atoms. The molecule has 4 unspecified atom stereocenters. The number of hydrogen-bond acceptors (Lipinski definition) is 7. The van der Waals surface area contributed by atoms with Crippen molar-refractivity contribution in [3.05, 3.63) is 0 Å². The lowest BCUT2D eigenvalue weighted by atomic mass is 9.43. The molecule has 0 radical (unpaired) electrons. The van der Waals surface area contributed by atoms with Gasteiger partial charge in [-0.1, -0.05) is 13.8 Å². The molecule has 4 rings (SSSR count). The van der Waals surface area contributed by atoms with Crippen LogP contribution in [0.3, 0.4) is 0 Å². The molecule has 37 heavy (non-hydrogen) atoms. The summed E-state index contributed by atoms with van der Waals surface area (Å²) in [6.07, 6.45) is 11.0. The Kier molecular flexibility index (Phi) is 10.4. The molecule has 0 amide bonds. The molecule has 0 aromatic carbocycles. The molecule has 4 saturated carbocycles. The Morgan fingerprint density at radius 3 is 2.11 bits per heavy atom. The predicted octanol–water partition coefficient (Wildman–Crippen LogP) is 3.45. The van der Waals surface area contributed by atoms with E-state index in [-0.39, 0.29) is 35.1 Å². The van der Waals surface area contributed by atoms with Gasteiger partial charge in [-0.3, -0.25) is 0 Å². The van der Waals surface area contributed by atoms with Gasteiger partial charge < -0.3 is 36.5 Å². The predicted molar refractivity (Wildman–Crippen MR) is 148 cm³/mol. The second kappa shape index (κ2) is 12.9. The summed E-state index contributed by atoms with van der Waals surface area (Å²) in [6.45, 7) is 11.2. The zero-order valence-corrected chi connectivity index (χ0v) is 23.9. The monoisotopic (exact) mass is 523 g/mol. The molecule has 0 saturated heterocycles. The van der Waals surface area contributed by atoms with Crippen molar-refractivity contribution in [2.45, 2.75) is 109 Å². The molecular formula is C30H57N3O4. The maximum atomic E-state index is 10.9. The number of aliphatic hydroxyl groups excluding tert-OH is 1. The molecule has 0 aromatic heterocycles. The van der Waals surface area contributed by atoms with Gasteiger partial charge in [-0.25, -0.2) is 0 Å². The lowest BCUT2D eigenvalue weighted by Crippen LogP contribution is -2.63. The van der Waals surface area contributed by atoms with Crippen molar-refractivity contribution in [2.24, 2.45) is 57.6 Å². The van der Waals surface area contributed by atoms with E-state index in [1.165, 1.54) is 6.42 Å². The van der Waals surface area contributed by atoms with Crippen LogP contribution in [0.25, 0.3) is 0 Å². The van der Waals surface area contributed by atoms with Crippen molar-refractivity contribution in [3.8, 4) is 0 Å². The van der Waals surface area contributed by atoms with Crippen LogP contribution in [0.15, 0.2) is 0 Å². The van der Waals surface area contributed by atoms with Crippen LogP contribution in [0.4, 0.5) is 0 Å². The maximum Gasteiger partial charge on any atom is 0.0638 e. The Bertz CT molecular complexity index is 710. The van der Waals surface area contributed by atoms with Gasteiger partial charge in [-0.15, -0.1) is 0 Å². The summed E-state index contributed by atoms with van der Waals surface area (Å²) in [6, 6.07) is 0. The Morgan fingerprint density at radius 1 is 0.811 bits per heavy atom. The van der Waals surface area contributed by atoms with Crippen LogP contribution in [0.1, 0.15) is 85.0 Å². The van der Waals surface area contributed by atoms with E-state index in [1.54, 1.807) is 0 Å². The average Bonchev–Trinajstić information content (AvgIpc) is 3.23. The Morgan fingerprint density at radius 2 is 1.46 bits per heavy atom. The van der Waals surface area contributed by atoms with Crippen molar-refractivity contribution in [3.63, 3.8) is 0 Å². The summed E-state index contributed by atoms with van der Waals surface area (Å²) < 4.78 is 19.8. The number of ether oxygens (including phenoxy) is 3. The highest BCUT2D eigenvalue weighted by atomic mass is 16.5. The largest absolute Gasteiger partial charge is 0.393 e. The summed E-state index contributed by atoms with van der Waals surface area (Å²) in [5, 5.41) is 10.9. The van der Waals surface area contributed by atoms with Gasteiger partial charge in [-0.05, 0) is 126 Å². The standard InChI is InChI=1S/C30H57N3O4/c1-20(34)23-7-8-24-28-25(19-27(30(23,24)3)37-16-6-13-33)29(2)10-9-22(35-14-4-11-31)17-21(29)18-26(28)36-15-5-12-32/h20-28,34H,4-19,31-33H2,1-3H3/t20-,21?,22+,23+,24?,25?,26+,27-,28?,29-,30+/m0/s1. The zero-order valence-electron chi connectivity index (χ0n) is 23.9. The van der Waals surface area contributed by atoms with Gasteiger partial charge in [0.25, 0.3) is 0 Å². The van der Waals surface area contributed by atoms with Gasteiger partial charge in [0.1, 0.15) is 0 Å². The average molecular weight is 524 g/mol. The van der Waals surface area contributed by atoms with Crippen molar-refractivity contribution in [1.29, 1.82) is 0 Å². The SMILES string of the molecule is C[C@H](O)[C@H]1CCC2C3C(C[C@H](OCCCN)[C@@]21C)[C@@]1(C)CC[C@@H](OCCCN)CC1C[C@H]3OCCCN. The van der Waals surface area contributed by atoms with E-state index in [4.69, 9.17) is 31.4 Å². The fourth-order valence-electron chi connectivity index (χ4n) is 9.46. The van der Waals surface area contributed by atoms with E-state index in [0.717, 1.165) is 71.0 Å². The number of hydrogen-bond donors (Lipinski definition) is 4. The highest BCUT2D eigenvalue weighted by Crippen LogP contribution is 2.68. The molecule has 7 N–H and O–H groups in total. The van der Waals surface area contributed by atoms with E-state index in [2.05, 4.69) is 13.8 Å². The van der Waals surface area contributed by atoms with Crippen molar-refractivity contribution < 1.29 is 19.3 Å². The molecule has 4 aliphatic rings. The molecule has 11 atom stereocenters. The second-order valence-electron chi connectivity index (χ2n) is 13.2. The summed E-state index contributed by atoms with van der Waals surface area (Å²) in [7, 11) is 0. The van der Waals surface area contributed by atoms with Gasteiger partial charge >= 0.3 is 0 Å². The van der Waals surface area contributed by atoms with Crippen LogP contribution in [-0.2, 0) is 14.2 Å². The van der Waals surface area contributed by atoms with E-state index in [9.17, 15) is 5.11 Å². The molecule has 0 aromatic rings. The number of nitrogens with two attached hydrogens (primary N) is 3.